The first-order chi connectivity index (χ1) is 10.5. The molecular formula is C17H24N4O. The molecule has 0 spiro atoms. The van der Waals surface area contributed by atoms with E-state index in [9.17, 15) is 4.79 Å². The van der Waals surface area contributed by atoms with Gasteiger partial charge < -0.3 is 4.90 Å². The van der Waals surface area contributed by atoms with Gasteiger partial charge >= 0.3 is 0 Å². The second-order valence-electron chi connectivity index (χ2n) is 5.88. The minimum atomic E-state index is -0.00170. The summed E-state index contributed by atoms with van der Waals surface area (Å²) < 4.78 is 1.68. The Kier molecular flexibility index (Phi) is 5.31. The third-order valence-electron chi connectivity index (χ3n) is 3.51. The summed E-state index contributed by atoms with van der Waals surface area (Å²) in [6.07, 6.45) is 2.63. The maximum absolute atomic E-state index is 12.7. The number of aryl methyl sites for hydroxylation is 1. The Bertz CT molecular complexity index is 619. The molecule has 5 nitrogen and oxygen atoms in total. The quantitative estimate of drug-likeness (QED) is 0.824. The lowest BCUT2D eigenvalue weighted by Crippen LogP contribution is -2.32. The summed E-state index contributed by atoms with van der Waals surface area (Å²) >= 11 is 0. The molecule has 0 saturated carbocycles. The normalized spacial score (nSPS) is 11.0. The molecule has 0 bridgehead atoms. The van der Waals surface area contributed by atoms with Crippen molar-refractivity contribution in [1.29, 1.82) is 0 Å². The van der Waals surface area contributed by atoms with Crippen LogP contribution in [0.4, 0.5) is 0 Å². The van der Waals surface area contributed by atoms with Gasteiger partial charge in [-0.25, -0.2) is 0 Å². The fourth-order valence-electron chi connectivity index (χ4n) is 2.42. The topological polar surface area (TPSA) is 51.0 Å². The predicted molar refractivity (Wildman–Crippen MR) is 86.4 cm³/mol. The largest absolute Gasteiger partial charge is 0.332 e. The van der Waals surface area contributed by atoms with E-state index in [4.69, 9.17) is 0 Å². The lowest BCUT2D eigenvalue weighted by atomic mass is 10.1. The smallest absolute Gasteiger partial charge is 0.272 e. The van der Waals surface area contributed by atoms with E-state index in [-0.39, 0.29) is 5.91 Å². The van der Waals surface area contributed by atoms with E-state index >= 15 is 0 Å². The highest BCUT2D eigenvalue weighted by molar-refractivity contribution is 5.92. The summed E-state index contributed by atoms with van der Waals surface area (Å²) in [5.41, 5.74) is 2.49. The summed E-state index contributed by atoms with van der Waals surface area (Å²) in [6.45, 7) is 7.43. The maximum atomic E-state index is 12.7. The van der Waals surface area contributed by atoms with Crippen molar-refractivity contribution in [3.63, 3.8) is 0 Å². The van der Waals surface area contributed by atoms with Gasteiger partial charge in [-0.2, -0.15) is 5.10 Å². The van der Waals surface area contributed by atoms with Crippen molar-refractivity contribution in [3.8, 4) is 0 Å². The van der Waals surface area contributed by atoms with Crippen LogP contribution in [-0.2, 0) is 20.0 Å². The summed E-state index contributed by atoms with van der Waals surface area (Å²) in [5, 5.41) is 4.45. The average Bonchev–Trinajstić information content (AvgIpc) is 2.85. The van der Waals surface area contributed by atoms with Gasteiger partial charge in [0.05, 0.1) is 17.9 Å². The maximum Gasteiger partial charge on any atom is 0.272 e. The van der Waals surface area contributed by atoms with Gasteiger partial charge in [0.15, 0.2) is 0 Å². The Hall–Kier alpha value is -2.17. The third kappa shape index (κ3) is 3.93. The number of hydrogen-bond acceptors (Lipinski definition) is 3. The van der Waals surface area contributed by atoms with Gasteiger partial charge in [-0.15, -0.1) is 0 Å². The molecule has 0 fully saturated rings. The van der Waals surface area contributed by atoms with E-state index in [1.54, 1.807) is 15.8 Å². The monoisotopic (exact) mass is 300 g/mol. The van der Waals surface area contributed by atoms with E-state index in [1.165, 1.54) is 0 Å². The second-order valence-corrected chi connectivity index (χ2v) is 5.88. The zero-order chi connectivity index (χ0) is 16.1. The molecule has 2 aromatic heterocycles. The number of hydrogen-bond donors (Lipinski definition) is 0. The standard InChI is InChI=1S/C17H24N4O/c1-5-21(12-14-8-6-7-9-18-14)17(22)16-11-15(10-13(2)3)19-20(16)4/h6-9,11,13H,5,10,12H2,1-4H3. The molecule has 0 N–H and O–H groups in total. The Morgan fingerprint density at radius 1 is 1.32 bits per heavy atom. The van der Waals surface area contributed by atoms with Crippen molar-refractivity contribution in [2.45, 2.75) is 33.7 Å². The average molecular weight is 300 g/mol. The van der Waals surface area contributed by atoms with Crippen LogP contribution in [0.25, 0.3) is 0 Å². The highest BCUT2D eigenvalue weighted by atomic mass is 16.2. The van der Waals surface area contributed by atoms with Crippen molar-refractivity contribution in [3.05, 3.63) is 47.5 Å². The Balaban J connectivity index is 2.16. The zero-order valence-corrected chi connectivity index (χ0v) is 13.8. The number of rotatable bonds is 6. The lowest BCUT2D eigenvalue weighted by molar-refractivity contribution is 0.0739. The number of carbonyl (C=O) groups excluding carboxylic acids is 1. The van der Waals surface area contributed by atoms with Crippen molar-refractivity contribution >= 4 is 5.91 Å². The van der Waals surface area contributed by atoms with Gasteiger partial charge in [0.2, 0.25) is 0 Å². The minimum Gasteiger partial charge on any atom is -0.332 e. The summed E-state index contributed by atoms with van der Waals surface area (Å²) in [6, 6.07) is 7.65. The first-order valence-electron chi connectivity index (χ1n) is 7.73. The van der Waals surface area contributed by atoms with Crippen LogP contribution >= 0.6 is 0 Å². The molecule has 0 atom stereocenters. The minimum absolute atomic E-state index is 0.00170. The Labute approximate surface area is 132 Å². The lowest BCUT2D eigenvalue weighted by Gasteiger charge is -2.20. The molecule has 2 rings (SSSR count). The van der Waals surface area contributed by atoms with Crippen molar-refractivity contribution < 1.29 is 4.79 Å². The van der Waals surface area contributed by atoms with E-state index < -0.39 is 0 Å². The number of pyridine rings is 1. The molecule has 0 aromatic carbocycles. The fourth-order valence-corrected chi connectivity index (χ4v) is 2.42. The number of carbonyl (C=O) groups is 1. The predicted octanol–water partition coefficient (Wildman–Crippen LogP) is 2.68. The molecule has 22 heavy (non-hydrogen) atoms. The zero-order valence-electron chi connectivity index (χ0n) is 13.8. The summed E-state index contributed by atoms with van der Waals surface area (Å²) in [5.74, 6) is 0.520. The van der Waals surface area contributed by atoms with Crippen molar-refractivity contribution in [2.75, 3.05) is 6.54 Å². The highest BCUT2D eigenvalue weighted by Gasteiger charge is 2.20. The van der Waals surface area contributed by atoms with Crippen LogP contribution in [-0.4, -0.2) is 32.1 Å². The van der Waals surface area contributed by atoms with Crippen LogP contribution in [0.1, 0.15) is 42.6 Å². The first kappa shape index (κ1) is 16.2. The van der Waals surface area contributed by atoms with E-state index in [2.05, 4.69) is 23.9 Å². The van der Waals surface area contributed by atoms with Gasteiger partial charge in [-0.05, 0) is 37.5 Å². The van der Waals surface area contributed by atoms with Gasteiger partial charge in [0, 0.05) is 19.8 Å². The molecule has 0 radical (unpaired) electrons. The van der Waals surface area contributed by atoms with Crippen LogP contribution in [0, 0.1) is 5.92 Å². The summed E-state index contributed by atoms with van der Waals surface area (Å²) in [4.78, 5) is 18.8. The van der Waals surface area contributed by atoms with Crippen LogP contribution in [0.15, 0.2) is 30.5 Å². The SMILES string of the molecule is CCN(Cc1ccccn1)C(=O)c1cc(CC(C)C)nn1C. The van der Waals surface area contributed by atoms with Crippen molar-refractivity contribution in [1.82, 2.24) is 19.7 Å². The molecule has 0 aliphatic carbocycles. The molecule has 118 valence electrons. The van der Waals surface area contributed by atoms with Crippen LogP contribution in [0.3, 0.4) is 0 Å². The molecule has 2 aromatic rings. The van der Waals surface area contributed by atoms with E-state index in [0.717, 1.165) is 17.8 Å². The van der Waals surface area contributed by atoms with Gasteiger partial charge in [0.1, 0.15) is 5.69 Å². The Morgan fingerprint density at radius 3 is 2.68 bits per heavy atom. The van der Waals surface area contributed by atoms with Crippen molar-refractivity contribution in [2.24, 2.45) is 13.0 Å². The number of nitrogens with zero attached hydrogens (tertiary/aromatic N) is 4. The van der Waals surface area contributed by atoms with Gasteiger partial charge in [-0.1, -0.05) is 19.9 Å². The van der Waals surface area contributed by atoms with Gasteiger partial charge in [-0.3, -0.25) is 14.5 Å². The fraction of sp³-hybridized carbons (Fsp3) is 0.471. The molecule has 1 amide bonds. The Morgan fingerprint density at radius 2 is 2.09 bits per heavy atom. The van der Waals surface area contributed by atoms with Crippen LogP contribution in [0.2, 0.25) is 0 Å². The van der Waals surface area contributed by atoms with Crippen LogP contribution in [0.5, 0.6) is 0 Å². The third-order valence-corrected chi connectivity index (χ3v) is 3.51. The summed E-state index contributed by atoms with van der Waals surface area (Å²) in [7, 11) is 1.83. The molecular weight excluding hydrogens is 276 g/mol. The molecule has 5 heteroatoms. The molecule has 0 unspecified atom stereocenters. The van der Waals surface area contributed by atoms with E-state index in [1.807, 2.05) is 38.2 Å². The molecule has 0 saturated heterocycles. The number of aromatic nitrogens is 3. The first-order valence-corrected chi connectivity index (χ1v) is 7.73. The molecule has 0 aliphatic heterocycles. The second kappa shape index (κ2) is 7.20. The van der Waals surface area contributed by atoms with Gasteiger partial charge in [0.25, 0.3) is 5.91 Å². The number of amides is 1. The van der Waals surface area contributed by atoms with E-state index in [0.29, 0.717) is 24.7 Å². The molecule has 0 aliphatic rings. The molecule has 2 heterocycles. The highest BCUT2D eigenvalue weighted by Crippen LogP contribution is 2.12. The van der Waals surface area contributed by atoms with Crippen LogP contribution < -0.4 is 0 Å².